The monoisotopic (exact) mass is 403 g/mol. The first-order valence-electron chi connectivity index (χ1n) is 8.26. The predicted molar refractivity (Wildman–Crippen MR) is 105 cm³/mol. The van der Waals surface area contributed by atoms with Crippen LogP contribution in [-0.4, -0.2) is 24.9 Å². The molecule has 0 saturated carbocycles. The number of amides is 2. The van der Waals surface area contributed by atoms with Crippen molar-refractivity contribution in [3.63, 3.8) is 0 Å². The van der Waals surface area contributed by atoms with Crippen molar-refractivity contribution in [3.8, 4) is 0 Å². The number of halogens is 1. The molecule has 0 fully saturated rings. The zero-order valence-electron chi connectivity index (χ0n) is 14.1. The van der Waals surface area contributed by atoms with E-state index >= 15 is 0 Å². The number of hydrogen-bond acceptors (Lipinski definition) is 3. The van der Waals surface area contributed by atoms with Crippen LogP contribution < -0.4 is 16.0 Å². The average Bonchev–Trinajstić information content (AvgIpc) is 2.62. The summed E-state index contributed by atoms with van der Waals surface area (Å²) in [5, 5.41) is 8.74. The second kappa shape index (κ2) is 9.84. The van der Waals surface area contributed by atoms with Crippen molar-refractivity contribution < 1.29 is 9.59 Å². The largest absolute Gasteiger partial charge is 0.376 e. The van der Waals surface area contributed by atoms with Crippen molar-refractivity contribution in [2.45, 2.75) is 19.8 Å². The predicted octanol–water partition coefficient (Wildman–Crippen LogP) is 4.03. The van der Waals surface area contributed by atoms with Crippen molar-refractivity contribution in [1.82, 2.24) is 5.32 Å². The van der Waals surface area contributed by atoms with Crippen molar-refractivity contribution in [3.05, 3.63) is 58.6 Å². The SMILES string of the molecule is CCCCNC(=O)c1ccc(NCC(=O)Nc2ccccc2Br)cc1. The Labute approximate surface area is 156 Å². The molecule has 0 aliphatic carbocycles. The molecule has 0 atom stereocenters. The lowest BCUT2D eigenvalue weighted by atomic mass is 10.2. The number of para-hydroxylation sites is 1. The van der Waals surface area contributed by atoms with Gasteiger partial charge in [-0.05, 0) is 58.7 Å². The number of hydrogen-bond donors (Lipinski definition) is 3. The lowest BCUT2D eigenvalue weighted by Crippen LogP contribution is -2.24. The molecule has 0 heterocycles. The Balaban J connectivity index is 1.82. The molecule has 2 amide bonds. The van der Waals surface area contributed by atoms with E-state index in [4.69, 9.17) is 0 Å². The molecule has 5 nitrogen and oxygen atoms in total. The highest BCUT2D eigenvalue weighted by Gasteiger charge is 2.06. The third kappa shape index (κ3) is 6.23. The summed E-state index contributed by atoms with van der Waals surface area (Å²) in [6.07, 6.45) is 2.02. The van der Waals surface area contributed by atoms with Gasteiger partial charge in [0.05, 0.1) is 12.2 Å². The Morgan fingerprint density at radius 1 is 1.04 bits per heavy atom. The highest BCUT2D eigenvalue weighted by molar-refractivity contribution is 9.10. The quantitative estimate of drug-likeness (QED) is 0.582. The number of rotatable bonds is 8. The molecule has 6 heteroatoms. The van der Waals surface area contributed by atoms with Crippen LogP contribution in [0.1, 0.15) is 30.1 Å². The van der Waals surface area contributed by atoms with Crippen LogP contribution in [-0.2, 0) is 4.79 Å². The van der Waals surface area contributed by atoms with Crippen molar-refractivity contribution in [1.29, 1.82) is 0 Å². The highest BCUT2D eigenvalue weighted by atomic mass is 79.9. The van der Waals surface area contributed by atoms with E-state index in [1.807, 2.05) is 24.3 Å². The minimum absolute atomic E-state index is 0.0772. The molecule has 0 aliphatic heterocycles. The molecular formula is C19H22BrN3O2. The van der Waals surface area contributed by atoms with Crippen LogP contribution in [0.3, 0.4) is 0 Å². The van der Waals surface area contributed by atoms with E-state index < -0.39 is 0 Å². The Hall–Kier alpha value is -2.34. The summed E-state index contributed by atoms with van der Waals surface area (Å²) in [5.74, 6) is -0.222. The van der Waals surface area contributed by atoms with Crippen molar-refractivity contribution >= 4 is 39.1 Å². The molecule has 2 aromatic rings. The molecule has 0 aromatic heterocycles. The van der Waals surface area contributed by atoms with Crippen LogP contribution >= 0.6 is 15.9 Å². The van der Waals surface area contributed by atoms with Gasteiger partial charge in [-0.1, -0.05) is 25.5 Å². The third-order valence-corrected chi connectivity index (χ3v) is 4.26. The Bertz CT molecular complexity index is 717. The average molecular weight is 404 g/mol. The molecule has 2 rings (SSSR count). The van der Waals surface area contributed by atoms with Gasteiger partial charge in [-0.2, -0.15) is 0 Å². The van der Waals surface area contributed by atoms with E-state index in [0.29, 0.717) is 12.1 Å². The fraction of sp³-hybridized carbons (Fsp3) is 0.263. The topological polar surface area (TPSA) is 70.2 Å². The van der Waals surface area contributed by atoms with Crippen LogP contribution in [0.5, 0.6) is 0 Å². The number of unbranched alkanes of at least 4 members (excludes halogenated alkanes) is 1. The molecule has 0 bridgehead atoms. The molecule has 0 aliphatic rings. The molecular weight excluding hydrogens is 382 g/mol. The van der Waals surface area contributed by atoms with E-state index in [9.17, 15) is 9.59 Å². The van der Waals surface area contributed by atoms with Crippen LogP contribution in [0.25, 0.3) is 0 Å². The summed E-state index contributed by atoms with van der Waals surface area (Å²) in [5.41, 5.74) is 2.13. The molecule has 3 N–H and O–H groups in total. The first-order valence-corrected chi connectivity index (χ1v) is 9.06. The van der Waals surface area contributed by atoms with Gasteiger partial charge in [-0.25, -0.2) is 0 Å². The van der Waals surface area contributed by atoms with Gasteiger partial charge in [-0.3, -0.25) is 9.59 Å². The molecule has 25 heavy (non-hydrogen) atoms. The summed E-state index contributed by atoms with van der Waals surface area (Å²) in [6, 6.07) is 14.5. The van der Waals surface area contributed by atoms with E-state index in [-0.39, 0.29) is 18.4 Å². The van der Waals surface area contributed by atoms with Crippen LogP contribution in [0.15, 0.2) is 53.0 Å². The Morgan fingerprint density at radius 3 is 2.44 bits per heavy atom. The molecule has 0 spiro atoms. The van der Waals surface area contributed by atoms with Crippen molar-refractivity contribution in [2.24, 2.45) is 0 Å². The maximum atomic E-state index is 12.0. The summed E-state index contributed by atoms with van der Waals surface area (Å²) < 4.78 is 0.835. The fourth-order valence-electron chi connectivity index (χ4n) is 2.16. The lowest BCUT2D eigenvalue weighted by Gasteiger charge is -2.10. The van der Waals surface area contributed by atoms with Gasteiger partial charge >= 0.3 is 0 Å². The summed E-state index contributed by atoms with van der Waals surface area (Å²) in [4.78, 5) is 23.9. The number of carbonyl (C=O) groups is 2. The Morgan fingerprint density at radius 2 is 1.76 bits per heavy atom. The first kappa shape index (κ1) is 19.0. The van der Waals surface area contributed by atoms with Gasteiger partial charge in [0.25, 0.3) is 5.91 Å². The van der Waals surface area contributed by atoms with Crippen LogP contribution in [0, 0.1) is 0 Å². The second-order valence-corrected chi connectivity index (χ2v) is 6.42. The summed E-state index contributed by atoms with van der Waals surface area (Å²) in [7, 11) is 0. The van der Waals surface area contributed by atoms with Gasteiger partial charge < -0.3 is 16.0 Å². The number of benzene rings is 2. The van der Waals surface area contributed by atoms with E-state index in [2.05, 4.69) is 38.8 Å². The number of anilines is 2. The first-order chi connectivity index (χ1) is 12.1. The minimum Gasteiger partial charge on any atom is -0.376 e. The molecule has 2 aromatic carbocycles. The van der Waals surface area contributed by atoms with E-state index in [1.54, 1.807) is 24.3 Å². The van der Waals surface area contributed by atoms with Gasteiger partial charge in [-0.15, -0.1) is 0 Å². The van der Waals surface area contributed by atoms with E-state index in [0.717, 1.165) is 28.7 Å². The summed E-state index contributed by atoms with van der Waals surface area (Å²) >= 11 is 3.39. The fourth-order valence-corrected chi connectivity index (χ4v) is 2.54. The van der Waals surface area contributed by atoms with Crippen molar-refractivity contribution in [2.75, 3.05) is 23.7 Å². The van der Waals surface area contributed by atoms with Gasteiger partial charge in [0.1, 0.15) is 0 Å². The second-order valence-electron chi connectivity index (χ2n) is 5.57. The molecule has 0 saturated heterocycles. The van der Waals surface area contributed by atoms with Crippen LogP contribution in [0.2, 0.25) is 0 Å². The maximum Gasteiger partial charge on any atom is 0.251 e. The smallest absolute Gasteiger partial charge is 0.251 e. The lowest BCUT2D eigenvalue weighted by molar-refractivity contribution is -0.114. The van der Waals surface area contributed by atoms with Gasteiger partial charge in [0.15, 0.2) is 0 Å². The molecule has 0 radical (unpaired) electrons. The van der Waals surface area contributed by atoms with Gasteiger partial charge in [0, 0.05) is 22.3 Å². The standard InChI is InChI=1S/C19H22BrN3O2/c1-2-3-12-21-19(25)14-8-10-15(11-9-14)22-13-18(24)23-17-7-5-4-6-16(17)20/h4-11,22H,2-3,12-13H2,1H3,(H,21,25)(H,23,24). The van der Waals surface area contributed by atoms with Gasteiger partial charge in [0.2, 0.25) is 5.91 Å². The minimum atomic E-state index is -0.145. The summed E-state index contributed by atoms with van der Waals surface area (Å²) in [6.45, 7) is 2.91. The maximum absolute atomic E-state index is 12.0. The zero-order valence-corrected chi connectivity index (χ0v) is 15.7. The number of nitrogens with one attached hydrogen (secondary N) is 3. The zero-order chi connectivity index (χ0) is 18.1. The Kier molecular flexibility index (Phi) is 7.47. The number of carbonyl (C=O) groups excluding carboxylic acids is 2. The highest BCUT2D eigenvalue weighted by Crippen LogP contribution is 2.21. The van der Waals surface area contributed by atoms with Crippen LogP contribution in [0.4, 0.5) is 11.4 Å². The third-order valence-electron chi connectivity index (χ3n) is 3.56. The molecule has 132 valence electrons. The van der Waals surface area contributed by atoms with E-state index in [1.165, 1.54) is 0 Å². The normalized spacial score (nSPS) is 10.2. The molecule has 0 unspecified atom stereocenters.